The smallest absolute Gasteiger partial charge is 0.0705 e. The molecule has 0 N–H and O–H groups in total. The van der Waals surface area contributed by atoms with Crippen molar-refractivity contribution in [3.63, 3.8) is 0 Å². The van der Waals surface area contributed by atoms with Gasteiger partial charge in [-0.3, -0.25) is 4.98 Å². The SMILES string of the molecule is CC.Cc1cccc(-c2ccc(Cl)cc2)n1. The molecule has 0 radical (unpaired) electrons. The molecule has 1 heterocycles. The Balaban J connectivity index is 0.000000606. The third-order valence-corrected chi connectivity index (χ3v) is 2.28. The molecule has 0 fully saturated rings. The lowest BCUT2D eigenvalue weighted by Crippen LogP contribution is -1.85. The molecule has 0 saturated carbocycles. The highest BCUT2D eigenvalue weighted by molar-refractivity contribution is 6.30. The topological polar surface area (TPSA) is 12.9 Å². The first-order chi connectivity index (χ1) is 7.75. The monoisotopic (exact) mass is 233 g/mol. The van der Waals surface area contributed by atoms with Gasteiger partial charge in [-0.1, -0.05) is 43.6 Å². The summed E-state index contributed by atoms with van der Waals surface area (Å²) in [5.74, 6) is 0. The maximum Gasteiger partial charge on any atom is 0.0705 e. The molecule has 0 amide bonds. The van der Waals surface area contributed by atoms with Crippen LogP contribution in [0.5, 0.6) is 0 Å². The fraction of sp³-hybridized carbons (Fsp3) is 0.214. The van der Waals surface area contributed by atoms with Crippen LogP contribution in [0, 0.1) is 6.92 Å². The number of aromatic nitrogens is 1. The molecule has 1 aromatic heterocycles. The largest absolute Gasteiger partial charge is 0.253 e. The van der Waals surface area contributed by atoms with Crippen LogP contribution in [0.3, 0.4) is 0 Å². The molecule has 0 aliphatic rings. The van der Waals surface area contributed by atoms with Gasteiger partial charge in [0, 0.05) is 16.3 Å². The zero-order valence-electron chi connectivity index (χ0n) is 9.87. The molecule has 0 saturated heterocycles. The average Bonchev–Trinajstić information content (AvgIpc) is 2.32. The van der Waals surface area contributed by atoms with E-state index in [1.54, 1.807) is 0 Å². The standard InChI is InChI=1S/C12H10ClN.C2H6/c1-9-3-2-4-12(14-9)10-5-7-11(13)8-6-10;1-2/h2-8H,1H3;1-2H3. The fourth-order valence-electron chi connectivity index (χ4n) is 1.32. The van der Waals surface area contributed by atoms with Crippen LogP contribution in [0.2, 0.25) is 5.02 Å². The minimum Gasteiger partial charge on any atom is -0.253 e. The molecule has 0 spiro atoms. The van der Waals surface area contributed by atoms with Crippen LogP contribution in [0.4, 0.5) is 0 Å². The predicted molar refractivity (Wildman–Crippen MR) is 70.8 cm³/mol. The van der Waals surface area contributed by atoms with Gasteiger partial charge in [0.1, 0.15) is 0 Å². The molecular weight excluding hydrogens is 218 g/mol. The van der Waals surface area contributed by atoms with Crippen molar-refractivity contribution in [1.29, 1.82) is 0 Å². The second kappa shape index (κ2) is 6.29. The van der Waals surface area contributed by atoms with E-state index in [0.29, 0.717) is 0 Å². The fourth-order valence-corrected chi connectivity index (χ4v) is 1.45. The molecule has 0 aliphatic carbocycles. The first-order valence-corrected chi connectivity index (χ1v) is 5.83. The summed E-state index contributed by atoms with van der Waals surface area (Å²) in [6.45, 7) is 5.99. The molecule has 84 valence electrons. The van der Waals surface area contributed by atoms with E-state index in [1.165, 1.54) is 0 Å². The molecule has 0 aliphatic heterocycles. The number of aryl methyl sites for hydroxylation is 1. The lowest BCUT2D eigenvalue weighted by Gasteiger charge is -2.01. The van der Waals surface area contributed by atoms with Crippen molar-refractivity contribution in [2.24, 2.45) is 0 Å². The Labute approximate surface area is 102 Å². The van der Waals surface area contributed by atoms with Crippen LogP contribution in [-0.4, -0.2) is 4.98 Å². The van der Waals surface area contributed by atoms with E-state index >= 15 is 0 Å². The third-order valence-electron chi connectivity index (χ3n) is 2.03. The minimum absolute atomic E-state index is 0.751. The molecule has 1 aromatic carbocycles. The zero-order valence-corrected chi connectivity index (χ0v) is 10.6. The van der Waals surface area contributed by atoms with Gasteiger partial charge in [-0.25, -0.2) is 0 Å². The van der Waals surface area contributed by atoms with Gasteiger partial charge in [0.15, 0.2) is 0 Å². The van der Waals surface area contributed by atoms with E-state index in [9.17, 15) is 0 Å². The van der Waals surface area contributed by atoms with Gasteiger partial charge < -0.3 is 0 Å². The third kappa shape index (κ3) is 3.35. The van der Waals surface area contributed by atoms with Crippen molar-refractivity contribution in [2.45, 2.75) is 20.8 Å². The second-order valence-corrected chi connectivity index (χ2v) is 3.61. The van der Waals surface area contributed by atoms with Gasteiger partial charge in [-0.15, -0.1) is 0 Å². The molecule has 0 atom stereocenters. The summed E-state index contributed by atoms with van der Waals surface area (Å²) in [6.07, 6.45) is 0. The summed E-state index contributed by atoms with van der Waals surface area (Å²) >= 11 is 5.81. The predicted octanol–water partition coefficient (Wildman–Crippen LogP) is 4.74. The summed E-state index contributed by atoms with van der Waals surface area (Å²) < 4.78 is 0. The Morgan fingerprint density at radius 1 is 0.938 bits per heavy atom. The van der Waals surface area contributed by atoms with E-state index in [0.717, 1.165) is 22.0 Å². The minimum atomic E-state index is 0.751. The number of hydrogen-bond donors (Lipinski definition) is 0. The maximum atomic E-state index is 5.81. The molecule has 2 rings (SSSR count). The first kappa shape index (κ1) is 12.7. The maximum absolute atomic E-state index is 5.81. The quantitative estimate of drug-likeness (QED) is 0.694. The van der Waals surface area contributed by atoms with Gasteiger partial charge in [0.05, 0.1) is 5.69 Å². The van der Waals surface area contributed by atoms with Crippen molar-refractivity contribution >= 4 is 11.6 Å². The van der Waals surface area contributed by atoms with Crippen LogP contribution in [-0.2, 0) is 0 Å². The normalized spacial score (nSPS) is 9.25. The Hall–Kier alpha value is -1.34. The first-order valence-electron chi connectivity index (χ1n) is 5.45. The Kier molecular flexibility index (Phi) is 5.00. The average molecular weight is 234 g/mol. The molecule has 0 unspecified atom stereocenters. The summed E-state index contributed by atoms with van der Waals surface area (Å²) in [6, 6.07) is 13.7. The van der Waals surface area contributed by atoms with Gasteiger partial charge >= 0.3 is 0 Å². The summed E-state index contributed by atoms with van der Waals surface area (Å²) in [4.78, 5) is 4.43. The lowest BCUT2D eigenvalue weighted by molar-refractivity contribution is 1.21. The Morgan fingerprint density at radius 3 is 2.12 bits per heavy atom. The molecular formula is C14H16ClN. The highest BCUT2D eigenvalue weighted by Gasteiger charge is 1.98. The van der Waals surface area contributed by atoms with Crippen LogP contribution in [0.15, 0.2) is 42.5 Å². The van der Waals surface area contributed by atoms with Gasteiger partial charge in [0.2, 0.25) is 0 Å². The Bertz CT molecular complexity index is 435. The number of pyridine rings is 1. The highest BCUT2D eigenvalue weighted by Crippen LogP contribution is 2.19. The molecule has 16 heavy (non-hydrogen) atoms. The van der Waals surface area contributed by atoms with E-state index in [2.05, 4.69) is 4.98 Å². The number of benzene rings is 1. The van der Waals surface area contributed by atoms with Crippen molar-refractivity contribution in [1.82, 2.24) is 4.98 Å². The lowest BCUT2D eigenvalue weighted by atomic mass is 10.1. The number of hydrogen-bond acceptors (Lipinski definition) is 1. The van der Waals surface area contributed by atoms with E-state index in [1.807, 2.05) is 63.2 Å². The summed E-state index contributed by atoms with van der Waals surface area (Å²) in [7, 11) is 0. The van der Waals surface area contributed by atoms with Crippen LogP contribution in [0.25, 0.3) is 11.3 Å². The van der Waals surface area contributed by atoms with Crippen LogP contribution in [0.1, 0.15) is 19.5 Å². The van der Waals surface area contributed by atoms with Crippen molar-refractivity contribution in [3.05, 3.63) is 53.2 Å². The molecule has 1 nitrogen and oxygen atoms in total. The zero-order chi connectivity index (χ0) is 12.0. The number of halogens is 1. The molecule has 0 bridgehead atoms. The molecule has 2 aromatic rings. The van der Waals surface area contributed by atoms with Gasteiger partial charge in [-0.05, 0) is 31.2 Å². The summed E-state index contributed by atoms with van der Waals surface area (Å²) in [5.41, 5.74) is 3.11. The van der Waals surface area contributed by atoms with Crippen LogP contribution >= 0.6 is 11.6 Å². The number of rotatable bonds is 1. The van der Waals surface area contributed by atoms with Crippen molar-refractivity contribution in [2.75, 3.05) is 0 Å². The Morgan fingerprint density at radius 2 is 1.56 bits per heavy atom. The second-order valence-electron chi connectivity index (χ2n) is 3.17. The van der Waals surface area contributed by atoms with Crippen LogP contribution < -0.4 is 0 Å². The van der Waals surface area contributed by atoms with Crippen molar-refractivity contribution in [3.8, 4) is 11.3 Å². The van der Waals surface area contributed by atoms with Gasteiger partial charge in [-0.2, -0.15) is 0 Å². The van der Waals surface area contributed by atoms with E-state index < -0.39 is 0 Å². The van der Waals surface area contributed by atoms with E-state index in [-0.39, 0.29) is 0 Å². The highest BCUT2D eigenvalue weighted by atomic mass is 35.5. The summed E-state index contributed by atoms with van der Waals surface area (Å²) in [5, 5.41) is 0.751. The van der Waals surface area contributed by atoms with E-state index in [4.69, 9.17) is 11.6 Å². The molecule has 2 heteroatoms. The number of nitrogens with zero attached hydrogens (tertiary/aromatic N) is 1. The van der Waals surface area contributed by atoms with Crippen molar-refractivity contribution < 1.29 is 0 Å². The van der Waals surface area contributed by atoms with Gasteiger partial charge in [0.25, 0.3) is 0 Å².